The fourth-order valence-electron chi connectivity index (χ4n) is 0.968. The largest absolute Gasteiger partial charge is 0.479 e. The minimum atomic E-state index is -0.410. The highest BCUT2D eigenvalue weighted by Crippen LogP contribution is 2.15. The Hall–Kier alpha value is -1.52. The van der Waals surface area contributed by atoms with Crippen LogP contribution < -0.4 is 4.74 Å². The molecule has 0 aliphatic carbocycles. The van der Waals surface area contributed by atoms with E-state index >= 15 is 0 Å². The van der Waals surface area contributed by atoms with Crippen molar-refractivity contribution in [1.82, 2.24) is 9.78 Å². The molecule has 0 bridgehead atoms. The summed E-state index contributed by atoms with van der Waals surface area (Å²) < 4.78 is 11.2. The molecule has 0 aliphatic heterocycles. The first-order valence-corrected chi connectivity index (χ1v) is 3.93. The van der Waals surface area contributed by atoms with Gasteiger partial charge in [0.25, 0.3) is 0 Å². The van der Waals surface area contributed by atoms with Crippen LogP contribution in [0.25, 0.3) is 0 Å². The number of carbonyl (C=O) groups is 1. The van der Waals surface area contributed by atoms with Crippen LogP contribution in [0.5, 0.6) is 5.88 Å². The monoisotopic (exact) mass is 184 g/mol. The summed E-state index contributed by atoms with van der Waals surface area (Å²) in [7, 11) is 3.18. The molecule has 0 atom stereocenters. The average molecular weight is 184 g/mol. The number of carbonyl (C=O) groups excluding carboxylic acids is 1. The van der Waals surface area contributed by atoms with E-state index < -0.39 is 5.97 Å². The van der Waals surface area contributed by atoms with Gasteiger partial charge in [-0.2, -0.15) is 0 Å². The molecule has 0 aliphatic rings. The number of esters is 1. The highest BCUT2D eigenvalue weighted by molar-refractivity contribution is 5.91. The lowest BCUT2D eigenvalue weighted by molar-refractivity contribution is 0.0522. The minimum absolute atomic E-state index is 0.293. The Morgan fingerprint density at radius 1 is 1.69 bits per heavy atom. The molecule has 0 saturated carbocycles. The lowest BCUT2D eigenvalue weighted by Gasteiger charge is -1.99. The van der Waals surface area contributed by atoms with Gasteiger partial charge in [0.15, 0.2) is 0 Å². The van der Waals surface area contributed by atoms with Gasteiger partial charge in [-0.15, -0.1) is 5.10 Å². The zero-order valence-electron chi connectivity index (χ0n) is 7.90. The minimum Gasteiger partial charge on any atom is -0.479 e. The van der Waals surface area contributed by atoms with E-state index in [-0.39, 0.29) is 0 Å². The Kier molecular flexibility index (Phi) is 2.89. The van der Waals surface area contributed by atoms with Crippen molar-refractivity contribution in [3.05, 3.63) is 11.8 Å². The molecule has 0 amide bonds. The van der Waals surface area contributed by atoms with Crippen molar-refractivity contribution in [3.63, 3.8) is 0 Å². The molecule has 72 valence electrons. The van der Waals surface area contributed by atoms with E-state index in [2.05, 4.69) is 5.10 Å². The topological polar surface area (TPSA) is 53.4 Å². The fraction of sp³-hybridized carbons (Fsp3) is 0.500. The van der Waals surface area contributed by atoms with E-state index in [9.17, 15) is 4.79 Å². The highest BCUT2D eigenvalue weighted by Gasteiger charge is 2.16. The van der Waals surface area contributed by atoms with Gasteiger partial charge in [-0.1, -0.05) is 0 Å². The first-order chi connectivity index (χ1) is 6.19. The smallest absolute Gasteiger partial charge is 0.345 e. The Morgan fingerprint density at radius 3 is 2.92 bits per heavy atom. The van der Waals surface area contributed by atoms with Gasteiger partial charge in [-0.25, -0.2) is 4.79 Å². The zero-order chi connectivity index (χ0) is 9.84. The van der Waals surface area contributed by atoms with Gasteiger partial charge in [0.2, 0.25) is 5.88 Å². The van der Waals surface area contributed by atoms with Gasteiger partial charge in [-0.3, -0.25) is 4.68 Å². The molecule has 0 saturated heterocycles. The third-order valence-electron chi connectivity index (χ3n) is 1.48. The summed E-state index contributed by atoms with van der Waals surface area (Å²) in [4.78, 5) is 11.3. The van der Waals surface area contributed by atoms with E-state index in [1.165, 1.54) is 11.8 Å². The second-order valence-corrected chi connectivity index (χ2v) is 2.45. The quantitative estimate of drug-likeness (QED) is 0.646. The molecular formula is C8H12N2O3. The van der Waals surface area contributed by atoms with Gasteiger partial charge in [-0.05, 0) is 6.92 Å². The van der Waals surface area contributed by atoms with Gasteiger partial charge >= 0.3 is 5.97 Å². The molecule has 0 aromatic carbocycles. The van der Waals surface area contributed by atoms with E-state index in [4.69, 9.17) is 9.47 Å². The summed E-state index contributed by atoms with van der Waals surface area (Å²) in [5.41, 5.74) is 0.354. The molecule has 5 heteroatoms. The second kappa shape index (κ2) is 3.93. The summed E-state index contributed by atoms with van der Waals surface area (Å²) >= 11 is 0. The van der Waals surface area contributed by atoms with E-state index in [0.717, 1.165) is 0 Å². The van der Waals surface area contributed by atoms with Crippen LogP contribution in [0, 0.1) is 0 Å². The van der Waals surface area contributed by atoms with Crippen molar-refractivity contribution in [2.45, 2.75) is 6.92 Å². The summed E-state index contributed by atoms with van der Waals surface area (Å²) in [6.07, 6.45) is 1.57. The predicted octanol–water partition coefficient (Wildman–Crippen LogP) is 0.605. The molecule has 1 heterocycles. The SMILES string of the molecule is CCOC(=O)c1cn(C)nc1OC. The molecule has 1 rings (SSSR count). The van der Waals surface area contributed by atoms with Crippen molar-refractivity contribution in [2.75, 3.05) is 13.7 Å². The maximum Gasteiger partial charge on any atom is 0.345 e. The van der Waals surface area contributed by atoms with Crippen molar-refractivity contribution in [3.8, 4) is 5.88 Å². The number of rotatable bonds is 3. The van der Waals surface area contributed by atoms with E-state index in [1.807, 2.05) is 0 Å². The van der Waals surface area contributed by atoms with Crippen molar-refractivity contribution in [2.24, 2.45) is 7.05 Å². The van der Waals surface area contributed by atoms with Crippen molar-refractivity contribution < 1.29 is 14.3 Å². The van der Waals surface area contributed by atoms with Gasteiger partial charge in [0, 0.05) is 13.2 Å². The molecule has 1 aromatic heterocycles. The number of ether oxygens (including phenoxy) is 2. The third-order valence-corrected chi connectivity index (χ3v) is 1.48. The summed E-state index contributed by atoms with van der Waals surface area (Å²) in [6, 6.07) is 0. The maximum absolute atomic E-state index is 11.3. The number of hydrogen-bond acceptors (Lipinski definition) is 4. The highest BCUT2D eigenvalue weighted by atomic mass is 16.5. The molecular weight excluding hydrogens is 172 g/mol. The molecule has 0 fully saturated rings. The molecule has 1 aromatic rings. The molecule has 0 spiro atoms. The van der Waals surface area contributed by atoms with Crippen LogP contribution in [-0.2, 0) is 11.8 Å². The second-order valence-electron chi connectivity index (χ2n) is 2.45. The Morgan fingerprint density at radius 2 is 2.38 bits per heavy atom. The fourth-order valence-corrected chi connectivity index (χ4v) is 0.968. The van der Waals surface area contributed by atoms with Gasteiger partial charge in [0.1, 0.15) is 5.56 Å². The van der Waals surface area contributed by atoms with Crippen LogP contribution in [0.2, 0.25) is 0 Å². The number of aromatic nitrogens is 2. The van der Waals surface area contributed by atoms with Crippen LogP contribution in [0.4, 0.5) is 0 Å². The predicted molar refractivity (Wildman–Crippen MR) is 45.7 cm³/mol. The van der Waals surface area contributed by atoms with Crippen LogP contribution in [0.1, 0.15) is 17.3 Å². The summed E-state index contributed by atoms with van der Waals surface area (Å²) in [5.74, 6) is -0.117. The Bertz CT molecular complexity index is 306. The number of aryl methyl sites for hydroxylation is 1. The van der Waals surface area contributed by atoms with Crippen molar-refractivity contribution in [1.29, 1.82) is 0 Å². The number of hydrogen-bond donors (Lipinski definition) is 0. The first kappa shape index (κ1) is 9.57. The Labute approximate surface area is 76.3 Å². The zero-order valence-corrected chi connectivity index (χ0v) is 7.90. The molecule has 5 nitrogen and oxygen atoms in total. The Balaban J connectivity index is 2.91. The van der Waals surface area contributed by atoms with Crippen molar-refractivity contribution >= 4 is 5.97 Å². The maximum atomic E-state index is 11.3. The van der Waals surface area contributed by atoms with E-state index in [1.54, 1.807) is 20.2 Å². The van der Waals surface area contributed by atoms with Crippen LogP contribution in [0.15, 0.2) is 6.20 Å². The summed E-state index contributed by atoms with van der Waals surface area (Å²) in [5, 5.41) is 3.93. The molecule has 0 unspecified atom stereocenters. The normalized spacial score (nSPS) is 9.77. The molecule has 0 radical (unpaired) electrons. The molecule has 13 heavy (non-hydrogen) atoms. The van der Waals surface area contributed by atoms with Crippen LogP contribution in [-0.4, -0.2) is 29.5 Å². The van der Waals surface area contributed by atoms with Crippen LogP contribution in [0.3, 0.4) is 0 Å². The standard InChI is InChI=1S/C8H12N2O3/c1-4-13-8(11)6-5-10(2)9-7(6)12-3/h5H,4H2,1-3H3. The van der Waals surface area contributed by atoms with Crippen LogP contribution >= 0.6 is 0 Å². The third kappa shape index (κ3) is 1.99. The van der Waals surface area contributed by atoms with Gasteiger partial charge < -0.3 is 9.47 Å². The lowest BCUT2D eigenvalue weighted by Crippen LogP contribution is -2.05. The van der Waals surface area contributed by atoms with Gasteiger partial charge in [0.05, 0.1) is 13.7 Å². The number of nitrogens with zero attached hydrogens (tertiary/aromatic N) is 2. The first-order valence-electron chi connectivity index (χ1n) is 3.93. The summed E-state index contributed by atoms with van der Waals surface area (Å²) in [6.45, 7) is 2.09. The number of methoxy groups -OCH3 is 1. The molecule has 0 N–H and O–H groups in total. The van der Waals surface area contributed by atoms with E-state index in [0.29, 0.717) is 18.1 Å². The lowest BCUT2D eigenvalue weighted by atomic mass is 10.3. The average Bonchev–Trinajstić information content (AvgIpc) is 2.47.